The van der Waals surface area contributed by atoms with Gasteiger partial charge in [-0.05, 0) is 35.7 Å². The van der Waals surface area contributed by atoms with Gasteiger partial charge in [-0.25, -0.2) is 0 Å². The fraction of sp³-hybridized carbons (Fsp3) is 0.200. The average Bonchev–Trinajstić information content (AvgIpc) is 2.39. The van der Waals surface area contributed by atoms with Crippen LogP contribution in [0.4, 0.5) is 0 Å². The van der Waals surface area contributed by atoms with Crippen molar-refractivity contribution in [3.63, 3.8) is 0 Å². The molecule has 0 aliphatic rings. The van der Waals surface area contributed by atoms with Crippen LogP contribution in [0.3, 0.4) is 0 Å². The van der Waals surface area contributed by atoms with Gasteiger partial charge in [0, 0.05) is 0 Å². The molecule has 0 atom stereocenters. The van der Waals surface area contributed by atoms with Crippen molar-refractivity contribution in [2.75, 3.05) is 0 Å². The van der Waals surface area contributed by atoms with E-state index in [9.17, 15) is 0 Å². The molecule has 0 nitrogen and oxygen atoms in total. The number of thiophene rings is 1. The van der Waals surface area contributed by atoms with Gasteiger partial charge < -0.3 is 0 Å². The van der Waals surface area contributed by atoms with Gasteiger partial charge in [0.1, 0.15) is 0 Å². The average molecular weight is 164 g/mol. The zero-order valence-electron chi connectivity index (χ0n) is 6.71. The molecular formula is C10H12S. The molecule has 0 radical (unpaired) electrons. The fourth-order valence-corrected chi connectivity index (χ4v) is 1.39. The molecule has 1 heteroatoms. The Bertz CT molecular complexity index is 242. The van der Waals surface area contributed by atoms with Gasteiger partial charge in [-0.15, -0.1) is 0 Å². The third-order valence-corrected chi connectivity index (χ3v) is 2.02. The summed E-state index contributed by atoms with van der Waals surface area (Å²) in [6, 6.07) is 2.11. The van der Waals surface area contributed by atoms with Crippen molar-refractivity contribution < 1.29 is 0 Å². The summed E-state index contributed by atoms with van der Waals surface area (Å²) >= 11 is 1.72. The molecule has 0 saturated carbocycles. The molecule has 0 N–H and O–H groups in total. The lowest BCUT2D eigenvalue weighted by Gasteiger charge is -1.87. The SMILES string of the molecule is C=C(C)C/C=C/c1ccsc1. The van der Waals surface area contributed by atoms with Crippen LogP contribution in [0.15, 0.2) is 35.1 Å². The second kappa shape index (κ2) is 4.14. The first-order chi connectivity index (χ1) is 5.29. The number of hydrogen-bond acceptors (Lipinski definition) is 1. The van der Waals surface area contributed by atoms with E-state index in [0.717, 1.165) is 6.42 Å². The van der Waals surface area contributed by atoms with Gasteiger partial charge in [0.2, 0.25) is 0 Å². The lowest BCUT2D eigenvalue weighted by molar-refractivity contribution is 1.24. The number of allylic oxidation sites excluding steroid dienone is 2. The third kappa shape index (κ3) is 3.19. The molecule has 0 aliphatic carbocycles. The first-order valence-corrected chi connectivity index (χ1v) is 4.56. The van der Waals surface area contributed by atoms with Crippen molar-refractivity contribution >= 4 is 17.4 Å². The van der Waals surface area contributed by atoms with Crippen molar-refractivity contribution in [3.8, 4) is 0 Å². The van der Waals surface area contributed by atoms with Crippen molar-refractivity contribution in [3.05, 3.63) is 40.6 Å². The van der Waals surface area contributed by atoms with Crippen LogP contribution in [0.5, 0.6) is 0 Å². The Kier molecular flexibility index (Phi) is 3.12. The van der Waals surface area contributed by atoms with Crippen LogP contribution in [0, 0.1) is 0 Å². The molecule has 0 aliphatic heterocycles. The Labute approximate surface area is 71.9 Å². The highest BCUT2D eigenvalue weighted by Gasteiger charge is 1.84. The van der Waals surface area contributed by atoms with Crippen LogP contribution in [0.1, 0.15) is 18.9 Å². The summed E-state index contributed by atoms with van der Waals surface area (Å²) in [6.45, 7) is 5.86. The lowest BCUT2D eigenvalue weighted by Crippen LogP contribution is -1.66. The maximum atomic E-state index is 3.83. The topological polar surface area (TPSA) is 0 Å². The van der Waals surface area contributed by atoms with Gasteiger partial charge in [0.25, 0.3) is 0 Å². The van der Waals surface area contributed by atoms with Gasteiger partial charge in [-0.2, -0.15) is 11.3 Å². The van der Waals surface area contributed by atoms with Gasteiger partial charge in [0.05, 0.1) is 0 Å². The molecule has 0 aromatic carbocycles. The highest BCUT2D eigenvalue weighted by Crippen LogP contribution is 2.09. The molecule has 1 rings (SSSR count). The molecule has 1 aromatic rings. The van der Waals surface area contributed by atoms with Gasteiger partial charge in [-0.3, -0.25) is 0 Å². The van der Waals surface area contributed by atoms with Crippen LogP contribution in [-0.2, 0) is 0 Å². The summed E-state index contributed by atoms with van der Waals surface area (Å²) in [4.78, 5) is 0. The molecule has 0 amide bonds. The van der Waals surface area contributed by atoms with Crippen molar-refractivity contribution in [2.45, 2.75) is 13.3 Å². The first kappa shape index (κ1) is 8.28. The van der Waals surface area contributed by atoms with E-state index < -0.39 is 0 Å². The largest absolute Gasteiger partial charge is 0.152 e. The predicted octanol–water partition coefficient (Wildman–Crippen LogP) is 3.73. The second-order valence-electron chi connectivity index (χ2n) is 2.62. The van der Waals surface area contributed by atoms with Crippen LogP contribution in [-0.4, -0.2) is 0 Å². The lowest BCUT2D eigenvalue weighted by atomic mass is 10.2. The Balaban J connectivity index is 2.43. The summed E-state index contributed by atoms with van der Waals surface area (Å²) in [5.74, 6) is 0. The van der Waals surface area contributed by atoms with Crippen molar-refractivity contribution in [2.24, 2.45) is 0 Å². The van der Waals surface area contributed by atoms with E-state index in [1.54, 1.807) is 11.3 Å². The Hall–Kier alpha value is -0.820. The number of rotatable bonds is 3. The Morgan fingerprint density at radius 2 is 2.55 bits per heavy atom. The Morgan fingerprint density at radius 1 is 1.73 bits per heavy atom. The van der Waals surface area contributed by atoms with E-state index in [2.05, 4.69) is 35.6 Å². The van der Waals surface area contributed by atoms with Crippen LogP contribution in [0.25, 0.3) is 6.08 Å². The zero-order chi connectivity index (χ0) is 8.10. The van der Waals surface area contributed by atoms with Gasteiger partial charge >= 0.3 is 0 Å². The number of hydrogen-bond donors (Lipinski definition) is 0. The molecule has 0 fully saturated rings. The van der Waals surface area contributed by atoms with E-state index in [4.69, 9.17) is 0 Å². The minimum atomic E-state index is 0.982. The quantitative estimate of drug-likeness (QED) is 0.597. The molecule has 1 heterocycles. The van der Waals surface area contributed by atoms with E-state index in [0.29, 0.717) is 0 Å². The minimum absolute atomic E-state index is 0.982. The predicted molar refractivity (Wildman–Crippen MR) is 52.8 cm³/mol. The third-order valence-electron chi connectivity index (χ3n) is 1.32. The summed E-state index contributed by atoms with van der Waals surface area (Å²) in [5.41, 5.74) is 2.49. The molecule has 0 spiro atoms. The molecule has 1 aromatic heterocycles. The maximum Gasteiger partial charge on any atom is -0.00209 e. The monoisotopic (exact) mass is 164 g/mol. The molecule has 0 bridgehead atoms. The highest BCUT2D eigenvalue weighted by atomic mass is 32.1. The summed E-state index contributed by atoms with van der Waals surface area (Å²) in [6.07, 6.45) is 5.26. The van der Waals surface area contributed by atoms with Crippen molar-refractivity contribution in [1.29, 1.82) is 0 Å². The molecule has 0 saturated heterocycles. The molecule has 0 unspecified atom stereocenters. The first-order valence-electron chi connectivity index (χ1n) is 3.62. The van der Waals surface area contributed by atoms with Crippen LogP contribution < -0.4 is 0 Å². The van der Waals surface area contributed by atoms with Crippen LogP contribution in [0.2, 0.25) is 0 Å². The van der Waals surface area contributed by atoms with E-state index >= 15 is 0 Å². The summed E-state index contributed by atoms with van der Waals surface area (Å²) in [5, 5.41) is 4.22. The van der Waals surface area contributed by atoms with Crippen LogP contribution >= 0.6 is 11.3 Å². The zero-order valence-corrected chi connectivity index (χ0v) is 7.53. The summed E-state index contributed by atoms with van der Waals surface area (Å²) < 4.78 is 0. The standard InChI is InChI=1S/C10H12S/c1-9(2)4-3-5-10-6-7-11-8-10/h3,5-8H,1,4H2,2H3/b5-3+. The molecule has 58 valence electrons. The van der Waals surface area contributed by atoms with Crippen molar-refractivity contribution in [1.82, 2.24) is 0 Å². The molecular weight excluding hydrogens is 152 g/mol. The second-order valence-corrected chi connectivity index (χ2v) is 3.40. The summed E-state index contributed by atoms with van der Waals surface area (Å²) in [7, 11) is 0. The smallest absolute Gasteiger partial charge is 0.00209 e. The molecule has 11 heavy (non-hydrogen) atoms. The van der Waals surface area contributed by atoms with Gasteiger partial charge in [0.15, 0.2) is 0 Å². The van der Waals surface area contributed by atoms with E-state index in [1.165, 1.54) is 11.1 Å². The Morgan fingerprint density at radius 3 is 3.09 bits per heavy atom. The highest BCUT2D eigenvalue weighted by molar-refractivity contribution is 7.08. The normalized spacial score (nSPS) is 10.6. The fourth-order valence-electron chi connectivity index (χ4n) is 0.766. The van der Waals surface area contributed by atoms with Gasteiger partial charge in [-0.1, -0.05) is 24.3 Å². The van der Waals surface area contributed by atoms with E-state index in [1.807, 2.05) is 6.92 Å². The van der Waals surface area contributed by atoms with E-state index in [-0.39, 0.29) is 0 Å². The maximum absolute atomic E-state index is 3.83. The minimum Gasteiger partial charge on any atom is -0.152 e.